The van der Waals surface area contributed by atoms with Crippen LogP contribution >= 0.6 is 15.8 Å². The van der Waals surface area contributed by atoms with Crippen LogP contribution in [0.5, 0.6) is 0 Å². The second kappa shape index (κ2) is 19.4. The minimum Gasteiger partial charge on any atom is -0.478 e. The molecule has 2 aliphatic heterocycles. The summed E-state index contributed by atoms with van der Waals surface area (Å²) in [6, 6.07) is 43.7. The largest absolute Gasteiger partial charge is 0.478 e. The summed E-state index contributed by atoms with van der Waals surface area (Å²) in [5, 5.41) is 5.40. The van der Waals surface area contributed by atoms with Crippen LogP contribution in [0.4, 0.5) is 0 Å². The molecule has 0 aromatic heterocycles. The number of benzene rings is 4. The third-order valence-corrected chi connectivity index (χ3v) is 15.0. The second-order valence-corrected chi connectivity index (χ2v) is 18.6. The third-order valence-electron chi connectivity index (χ3n) is 9.79. The number of nitrogens with zero attached hydrogens (tertiary/aromatic N) is 2. The van der Waals surface area contributed by atoms with Gasteiger partial charge in [0.2, 0.25) is 0 Å². The van der Waals surface area contributed by atoms with Gasteiger partial charge in [-0.15, -0.1) is 0 Å². The molecule has 2 fully saturated rings. The molecule has 4 aliphatic rings. The van der Waals surface area contributed by atoms with Crippen molar-refractivity contribution in [3.05, 3.63) is 183 Å². The van der Waals surface area contributed by atoms with Gasteiger partial charge >= 0.3 is 0 Å². The van der Waals surface area contributed by atoms with Gasteiger partial charge in [-0.2, -0.15) is 0 Å². The van der Waals surface area contributed by atoms with E-state index in [-0.39, 0.29) is 29.2 Å². The van der Waals surface area contributed by atoms with Gasteiger partial charge in [0.05, 0.1) is 23.9 Å². The summed E-state index contributed by atoms with van der Waals surface area (Å²) in [6.45, 7) is 12.4. The zero-order valence-electron chi connectivity index (χ0n) is 31.6. The van der Waals surface area contributed by atoms with Crippen LogP contribution in [0.2, 0.25) is 0 Å². The van der Waals surface area contributed by atoms with E-state index < -0.39 is 15.8 Å². The fourth-order valence-electron chi connectivity index (χ4n) is 6.73. The molecule has 54 heavy (non-hydrogen) atoms. The summed E-state index contributed by atoms with van der Waals surface area (Å²) in [5.41, 5.74) is 2.69. The average Bonchev–Trinajstić information content (AvgIpc) is 4.02. The first-order valence-corrected chi connectivity index (χ1v) is 21.3. The van der Waals surface area contributed by atoms with Crippen LogP contribution in [0.25, 0.3) is 0 Å². The van der Waals surface area contributed by atoms with Crippen molar-refractivity contribution in [2.45, 2.75) is 46.7 Å². The van der Waals surface area contributed by atoms with Gasteiger partial charge in [-0.25, -0.2) is 9.98 Å². The number of hydrogen-bond donors (Lipinski definition) is 0. The Kier molecular flexibility index (Phi) is 14.7. The molecule has 8 rings (SSSR count). The summed E-state index contributed by atoms with van der Waals surface area (Å²) in [7, 11) is -1.29. The molecule has 0 unspecified atom stereocenters. The monoisotopic (exact) mass is 790 g/mol. The molecule has 2 atom stereocenters. The van der Waals surface area contributed by atoms with Gasteiger partial charge in [0.25, 0.3) is 0 Å². The predicted molar refractivity (Wildman–Crippen MR) is 226 cm³/mol. The smallest absolute Gasteiger partial charge is 0.192 e. The molecule has 2 aliphatic carbocycles. The topological polar surface area (TPSA) is 43.2 Å². The molecule has 2 saturated carbocycles. The Morgan fingerprint density at radius 3 is 1.33 bits per heavy atom. The first-order chi connectivity index (χ1) is 25.9. The van der Waals surface area contributed by atoms with Crippen LogP contribution in [0.15, 0.2) is 131 Å². The van der Waals surface area contributed by atoms with Crippen molar-refractivity contribution in [2.24, 2.45) is 21.8 Å². The predicted octanol–water partition coefficient (Wildman–Crippen LogP) is 9.00. The second-order valence-electron chi connectivity index (χ2n) is 14.2. The van der Waals surface area contributed by atoms with Gasteiger partial charge in [0, 0.05) is 28.4 Å². The van der Waals surface area contributed by atoms with Crippen molar-refractivity contribution < 1.29 is 26.5 Å². The van der Waals surface area contributed by atoms with Crippen LogP contribution in [0.3, 0.4) is 0 Å². The Morgan fingerprint density at radius 1 is 0.519 bits per heavy atom. The number of ether oxygens (including phenoxy) is 2. The van der Waals surface area contributed by atoms with Crippen molar-refractivity contribution in [2.75, 3.05) is 13.2 Å². The molecule has 4 aromatic rings. The van der Waals surface area contributed by atoms with Crippen LogP contribution in [-0.4, -0.2) is 37.1 Å². The molecule has 2 heterocycles. The van der Waals surface area contributed by atoms with Crippen molar-refractivity contribution in [3.63, 3.8) is 0 Å². The fourth-order valence-corrected chi connectivity index (χ4v) is 11.8. The van der Waals surface area contributed by atoms with Gasteiger partial charge in [0.15, 0.2) is 11.8 Å². The third kappa shape index (κ3) is 9.41. The molecule has 0 spiro atoms. The van der Waals surface area contributed by atoms with E-state index in [2.05, 4.69) is 188 Å². The molecular formula is C47H48FeN2O2P2. The van der Waals surface area contributed by atoms with Crippen molar-refractivity contribution >= 4 is 48.9 Å². The first kappa shape index (κ1) is 40.9. The van der Waals surface area contributed by atoms with E-state index in [9.17, 15) is 0 Å². The van der Waals surface area contributed by atoms with Gasteiger partial charge in [-0.1, -0.05) is 156 Å². The van der Waals surface area contributed by atoms with Crippen LogP contribution < -0.4 is 21.2 Å². The van der Waals surface area contributed by atoms with Crippen molar-refractivity contribution in [1.29, 1.82) is 0 Å². The Morgan fingerprint density at radius 2 is 0.926 bits per heavy atom. The maximum Gasteiger partial charge on any atom is 0.192 e. The Labute approximate surface area is 338 Å². The molecule has 4 nitrogen and oxygen atoms in total. The maximum atomic E-state index is 6.05. The number of aliphatic imine (C=N–C) groups is 2. The molecule has 4 aromatic carbocycles. The first-order valence-electron chi connectivity index (χ1n) is 18.6. The fraction of sp³-hybridized carbons (Fsp3) is 0.234. The molecule has 0 amide bonds. The van der Waals surface area contributed by atoms with E-state index in [1.165, 1.54) is 38.5 Å². The van der Waals surface area contributed by atoms with E-state index in [1.807, 2.05) is 0 Å². The molecular weight excluding hydrogens is 742 g/mol. The van der Waals surface area contributed by atoms with E-state index in [0.717, 1.165) is 23.6 Å². The maximum absolute atomic E-state index is 6.05. The summed E-state index contributed by atoms with van der Waals surface area (Å²) < 4.78 is 12.0. The van der Waals surface area contributed by atoms with E-state index in [1.54, 1.807) is 0 Å². The van der Waals surface area contributed by atoms with Crippen LogP contribution in [-0.2, 0) is 26.5 Å². The number of rotatable bonds is 10. The van der Waals surface area contributed by atoms with Crippen LogP contribution in [0, 0.1) is 73.0 Å². The van der Waals surface area contributed by atoms with Gasteiger partial charge < -0.3 is 9.47 Å². The SMILES string of the molecule is CC(C)[C@H]1COC([C]2[CH][CH][CH][C]2P(c2ccccc2)c2ccccc2)=N1.C[C]1[CH][CH][C](C2=N[C@@H](C(C)C)CO2)[C]1P(c1ccccc1)c1ccccc1.[Fe]. The number of hydrogen-bond acceptors (Lipinski definition) is 4. The summed E-state index contributed by atoms with van der Waals surface area (Å²) in [6.07, 6.45) is 10.9. The van der Waals surface area contributed by atoms with Gasteiger partial charge in [-0.3, -0.25) is 0 Å². The quantitative estimate of drug-likeness (QED) is 0.119. The van der Waals surface area contributed by atoms with Gasteiger partial charge in [-0.05, 0) is 86.9 Å². The minimum atomic E-state index is -0.657. The molecule has 7 heteroatoms. The molecule has 10 radical (unpaired) electrons. The van der Waals surface area contributed by atoms with Crippen molar-refractivity contribution in [3.8, 4) is 0 Å². The minimum absolute atomic E-state index is 0. The van der Waals surface area contributed by atoms with Crippen molar-refractivity contribution in [1.82, 2.24) is 0 Å². The van der Waals surface area contributed by atoms with E-state index in [0.29, 0.717) is 25.0 Å². The van der Waals surface area contributed by atoms with E-state index >= 15 is 0 Å². The summed E-state index contributed by atoms with van der Waals surface area (Å²) >= 11 is 0. The summed E-state index contributed by atoms with van der Waals surface area (Å²) in [5.74, 6) is 6.23. The average molecular weight is 791 g/mol. The molecule has 0 N–H and O–H groups in total. The Bertz CT molecular complexity index is 1710. The standard InChI is InChI=1S/C24H25NOP.C23H23NOP.Fe/c1-17(2)22-16-26-24(25-22)21-15-14-18(3)23(21)27(19-10-6-4-7-11-19)20-12-8-5-9-13-20;1-17(2)21-16-25-23(24-21)20-14-9-15-22(20)26(18-10-5-3-6-11-18)19-12-7-4-8-13-19;/h4-15,17,22H,16H2,1-3H3;3-15,17,21H,16H2,1-2H3;/t22-;21-;/m11./s1. The van der Waals surface area contributed by atoms with Gasteiger partial charge in [0.1, 0.15) is 13.2 Å². The zero-order chi connectivity index (χ0) is 36.7. The van der Waals surface area contributed by atoms with Crippen LogP contribution in [0.1, 0.15) is 34.6 Å². The molecule has 276 valence electrons. The normalized spacial score (nSPS) is 21.2. The Hall–Kier alpha value is -2.80. The molecule has 0 bridgehead atoms. The Balaban J connectivity index is 0.000000181. The van der Waals surface area contributed by atoms with E-state index in [4.69, 9.17) is 19.5 Å². The zero-order valence-corrected chi connectivity index (χ0v) is 34.5. The molecule has 0 saturated heterocycles. The summed E-state index contributed by atoms with van der Waals surface area (Å²) in [4.78, 5) is 9.77.